The Balaban J connectivity index is 1.85. The largest absolute Gasteiger partial charge is 0.507 e. The third-order valence-corrected chi connectivity index (χ3v) is 6.05. The molecular weight excluding hydrogens is 454 g/mol. The van der Waals surface area contributed by atoms with E-state index >= 15 is 0 Å². The standard InChI is InChI=1S/C30H31NO5/c1-5-20-10-12-21(13-11-20)27-26(28(32)22-8-7-9-25(18-22)35-6-2)29(33)30(34)31(27)23-14-16-24(17-15-23)36-19(3)4/h7-19,27,32H,5-6H2,1-4H3/b28-26-. The Morgan fingerprint density at radius 3 is 2.25 bits per heavy atom. The lowest BCUT2D eigenvalue weighted by molar-refractivity contribution is -0.132. The average Bonchev–Trinajstić information content (AvgIpc) is 3.14. The topological polar surface area (TPSA) is 76.1 Å². The third-order valence-electron chi connectivity index (χ3n) is 6.05. The molecule has 36 heavy (non-hydrogen) atoms. The second-order valence-electron chi connectivity index (χ2n) is 8.89. The van der Waals surface area contributed by atoms with Crippen LogP contribution in [0, 0.1) is 0 Å². The fourth-order valence-corrected chi connectivity index (χ4v) is 4.36. The molecule has 3 aromatic rings. The van der Waals surface area contributed by atoms with Crippen molar-refractivity contribution in [2.24, 2.45) is 0 Å². The van der Waals surface area contributed by atoms with Gasteiger partial charge >= 0.3 is 0 Å². The van der Waals surface area contributed by atoms with Crippen LogP contribution in [0.3, 0.4) is 0 Å². The molecule has 0 saturated carbocycles. The fourth-order valence-electron chi connectivity index (χ4n) is 4.36. The van der Waals surface area contributed by atoms with Gasteiger partial charge in [-0.1, -0.05) is 43.3 Å². The summed E-state index contributed by atoms with van der Waals surface area (Å²) in [6.45, 7) is 8.28. The molecule has 4 rings (SSSR count). The van der Waals surface area contributed by atoms with Gasteiger partial charge in [0.1, 0.15) is 17.3 Å². The molecule has 1 heterocycles. The molecule has 1 atom stereocenters. The van der Waals surface area contributed by atoms with Gasteiger partial charge in [-0.05, 0) is 74.7 Å². The van der Waals surface area contributed by atoms with Crippen molar-refractivity contribution in [2.45, 2.75) is 46.3 Å². The first-order valence-electron chi connectivity index (χ1n) is 12.2. The number of aryl methyl sites for hydroxylation is 1. The Hall–Kier alpha value is -4.06. The number of carbonyl (C=O) groups excluding carboxylic acids is 2. The molecular formula is C30H31NO5. The maximum atomic E-state index is 13.4. The number of aliphatic hydroxyl groups excluding tert-OH is 1. The van der Waals surface area contributed by atoms with E-state index in [-0.39, 0.29) is 17.4 Å². The number of hydrogen-bond donors (Lipinski definition) is 1. The average molecular weight is 486 g/mol. The predicted molar refractivity (Wildman–Crippen MR) is 140 cm³/mol. The molecule has 1 N–H and O–H groups in total. The van der Waals surface area contributed by atoms with Crippen molar-refractivity contribution in [1.82, 2.24) is 0 Å². The summed E-state index contributed by atoms with van der Waals surface area (Å²) in [4.78, 5) is 28.2. The van der Waals surface area contributed by atoms with E-state index in [9.17, 15) is 14.7 Å². The summed E-state index contributed by atoms with van der Waals surface area (Å²) in [5.74, 6) is -0.426. The Bertz CT molecular complexity index is 1280. The van der Waals surface area contributed by atoms with Crippen LogP contribution in [0.2, 0.25) is 0 Å². The maximum absolute atomic E-state index is 13.4. The third kappa shape index (κ3) is 4.98. The van der Waals surface area contributed by atoms with Crippen LogP contribution >= 0.6 is 0 Å². The molecule has 1 aliphatic rings. The molecule has 1 aliphatic heterocycles. The van der Waals surface area contributed by atoms with Gasteiger partial charge in [-0.2, -0.15) is 0 Å². The number of benzene rings is 3. The van der Waals surface area contributed by atoms with Crippen molar-refractivity contribution in [3.8, 4) is 11.5 Å². The van der Waals surface area contributed by atoms with Gasteiger partial charge in [0.25, 0.3) is 11.7 Å². The SMILES string of the molecule is CCOc1cccc(/C(O)=C2/C(=O)C(=O)N(c3ccc(OC(C)C)cc3)C2c2ccc(CC)cc2)c1. The quantitative estimate of drug-likeness (QED) is 0.238. The zero-order chi connectivity index (χ0) is 25.8. The van der Waals surface area contributed by atoms with Crippen molar-refractivity contribution in [1.29, 1.82) is 0 Å². The van der Waals surface area contributed by atoms with Gasteiger partial charge in [0, 0.05) is 11.3 Å². The first-order chi connectivity index (χ1) is 17.3. The maximum Gasteiger partial charge on any atom is 0.300 e. The Kier molecular flexibility index (Phi) is 7.44. The van der Waals surface area contributed by atoms with Crippen LogP contribution in [0.15, 0.2) is 78.4 Å². The van der Waals surface area contributed by atoms with E-state index in [0.29, 0.717) is 29.4 Å². The normalized spacial score (nSPS) is 17.0. The fraction of sp³-hybridized carbons (Fsp3) is 0.267. The molecule has 1 saturated heterocycles. The van der Waals surface area contributed by atoms with Crippen molar-refractivity contribution in [3.05, 3.63) is 95.1 Å². The lowest BCUT2D eigenvalue weighted by Gasteiger charge is -2.26. The van der Waals surface area contributed by atoms with Gasteiger partial charge in [0.05, 0.1) is 24.3 Å². The van der Waals surface area contributed by atoms with Gasteiger partial charge in [0.2, 0.25) is 0 Å². The predicted octanol–water partition coefficient (Wildman–Crippen LogP) is 6.06. The summed E-state index contributed by atoms with van der Waals surface area (Å²) in [6.07, 6.45) is 0.872. The monoisotopic (exact) mass is 485 g/mol. The van der Waals surface area contributed by atoms with E-state index in [1.54, 1.807) is 48.5 Å². The highest BCUT2D eigenvalue weighted by molar-refractivity contribution is 6.51. The Morgan fingerprint density at radius 1 is 0.944 bits per heavy atom. The molecule has 186 valence electrons. The number of anilines is 1. The highest BCUT2D eigenvalue weighted by Crippen LogP contribution is 2.42. The number of nitrogens with zero attached hydrogens (tertiary/aromatic N) is 1. The first kappa shape index (κ1) is 25.0. The van der Waals surface area contributed by atoms with Crippen molar-refractivity contribution in [2.75, 3.05) is 11.5 Å². The summed E-state index contributed by atoms with van der Waals surface area (Å²) in [5, 5.41) is 11.3. The number of Topliss-reactive ketones (excluding diaryl/α,β-unsaturated/α-hetero) is 1. The van der Waals surface area contributed by atoms with Crippen molar-refractivity contribution in [3.63, 3.8) is 0 Å². The number of ketones is 1. The van der Waals surface area contributed by atoms with E-state index in [2.05, 4.69) is 6.92 Å². The summed E-state index contributed by atoms with van der Waals surface area (Å²) >= 11 is 0. The lowest BCUT2D eigenvalue weighted by atomic mass is 9.94. The highest BCUT2D eigenvalue weighted by Gasteiger charge is 2.47. The van der Waals surface area contributed by atoms with E-state index in [4.69, 9.17) is 9.47 Å². The molecule has 3 aromatic carbocycles. The van der Waals surface area contributed by atoms with Gasteiger partial charge in [0.15, 0.2) is 0 Å². The van der Waals surface area contributed by atoms with Crippen LogP contribution in [0.5, 0.6) is 11.5 Å². The molecule has 6 nitrogen and oxygen atoms in total. The van der Waals surface area contributed by atoms with Crippen LogP contribution in [0.1, 0.15) is 50.4 Å². The van der Waals surface area contributed by atoms with Crippen LogP contribution in [-0.2, 0) is 16.0 Å². The van der Waals surface area contributed by atoms with Crippen molar-refractivity contribution >= 4 is 23.1 Å². The second-order valence-corrected chi connectivity index (χ2v) is 8.89. The first-order valence-corrected chi connectivity index (χ1v) is 12.2. The molecule has 0 aliphatic carbocycles. The highest BCUT2D eigenvalue weighted by atomic mass is 16.5. The number of hydrogen-bond acceptors (Lipinski definition) is 5. The van der Waals surface area contributed by atoms with Crippen LogP contribution < -0.4 is 14.4 Å². The molecule has 1 fully saturated rings. The van der Waals surface area contributed by atoms with Gasteiger partial charge < -0.3 is 14.6 Å². The summed E-state index contributed by atoms with van der Waals surface area (Å²) in [5.41, 5.74) is 2.86. The Morgan fingerprint density at radius 2 is 1.64 bits per heavy atom. The van der Waals surface area contributed by atoms with Crippen LogP contribution in [0.4, 0.5) is 5.69 Å². The minimum absolute atomic E-state index is 0.00890. The van der Waals surface area contributed by atoms with Gasteiger partial charge in [-0.25, -0.2) is 0 Å². The summed E-state index contributed by atoms with van der Waals surface area (Å²) in [7, 11) is 0. The van der Waals surface area contributed by atoms with E-state index < -0.39 is 17.7 Å². The minimum Gasteiger partial charge on any atom is -0.507 e. The second kappa shape index (κ2) is 10.7. The van der Waals surface area contributed by atoms with E-state index in [0.717, 1.165) is 17.5 Å². The van der Waals surface area contributed by atoms with Crippen molar-refractivity contribution < 1.29 is 24.2 Å². The minimum atomic E-state index is -0.788. The molecule has 0 spiro atoms. The summed E-state index contributed by atoms with van der Waals surface area (Å²) in [6, 6.07) is 20.9. The number of ether oxygens (including phenoxy) is 2. The molecule has 0 radical (unpaired) electrons. The molecule has 1 unspecified atom stereocenters. The molecule has 1 amide bonds. The van der Waals surface area contributed by atoms with Gasteiger partial charge in [-0.3, -0.25) is 14.5 Å². The molecule has 0 bridgehead atoms. The lowest BCUT2D eigenvalue weighted by Crippen LogP contribution is -2.29. The van der Waals surface area contributed by atoms with Crippen LogP contribution in [-0.4, -0.2) is 29.5 Å². The molecule has 6 heteroatoms. The number of rotatable bonds is 8. The smallest absolute Gasteiger partial charge is 0.300 e. The number of carbonyl (C=O) groups is 2. The zero-order valence-corrected chi connectivity index (χ0v) is 21.0. The summed E-state index contributed by atoms with van der Waals surface area (Å²) < 4.78 is 11.3. The zero-order valence-electron chi connectivity index (χ0n) is 21.0. The Labute approximate surface area is 211 Å². The molecule has 0 aromatic heterocycles. The van der Waals surface area contributed by atoms with E-state index in [1.165, 1.54) is 4.90 Å². The number of amides is 1. The number of aliphatic hydroxyl groups is 1. The van der Waals surface area contributed by atoms with Gasteiger partial charge in [-0.15, -0.1) is 0 Å². The van der Waals surface area contributed by atoms with E-state index in [1.807, 2.05) is 45.0 Å². The van der Waals surface area contributed by atoms with Crippen LogP contribution in [0.25, 0.3) is 5.76 Å².